The van der Waals surface area contributed by atoms with Gasteiger partial charge in [0.2, 0.25) is 11.8 Å². The minimum atomic E-state index is -0.310. The summed E-state index contributed by atoms with van der Waals surface area (Å²) in [5, 5.41) is 0. The molecule has 0 aliphatic carbocycles. The molecule has 0 radical (unpaired) electrons. The fourth-order valence-corrected chi connectivity index (χ4v) is 5.66. The van der Waals surface area contributed by atoms with Gasteiger partial charge in [-0.15, -0.1) is 0 Å². The second-order valence-corrected chi connectivity index (χ2v) is 9.16. The van der Waals surface area contributed by atoms with Crippen LogP contribution in [0.3, 0.4) is 0 Å². The van der Waals surface area contributed by atoms with Crippen molar-refractivity contribution >= 4 is 17.5 Å². The molecule has 3 heterocycles. The number of methoxy groups -OCH3 is 2. The number of benzene rings is 1. The molecule has 3 fully saturated rings. The van der Waals surface area contributed by atoms with Gasteiger partial charge >= 0.3 is 0 Å². The first-order valence-corrected chi connectivity index (χ1v) is 11.5. The van der Waals surface area contributed by atoms with Crippen LogP contribution in [-0.2, 0) is 9.59 Å². The average molecular weight is 430 g/mol. The lowest BCUT2D eigenvalue weighted by atomic mass is 9.83. The predicted molar refractivity (Wildman–Crippen MR) is 120 cm³/mol. The van der Waals surface area contributed by atoms with Crippen LogP contribution >= 0.6 is 0 Å². The quantitative estimate of drug-likeness (QED) is 0.696. The third-order valence-corrected chi connectivity index (χ3v) is 7.27. The molecule has 0 spiro atoms. The Hall–Kier alpha value is -2.28. The molecule has 170 valence electrons. The lowest BCUT2D eigenvalue weighted by Crippen LogP contribution is -2.51. The van der Waals surface area contributed by atoms with Gasteiger partial charge in [-0.25, -0.2) is 0 Å². The Morgan fingerprint density at radius 1 is 1.13 bits per heavy atom. The molecule has 0 N–H and O–H groups in total. The zero-order valence-corrected chi connectivity index (χ0v) is 19.0. The maximum atomic E-state index is 13.2. The van der Waals surface area contributed by atoms with Crippen LogP contribution in [0.1, 0.15) is 38.5 Å². The van der Waals surface area contributed by atoms with Crippen LogP contribution in [0, 0.1) is 11.8 Å². The van der Waals surface area contributed by atoms with Crippen LogP contribution in [0.5, 0.6) is 11.5 Å². The number of piperidine rings is 2. The summed E-state index contributed by atoms with van der Waals surface area (Å²) in [5.74, 6) is 1.52. The van der Waals surface area contributed by atoms with Crippen molar-refractivity contribution < 1.29 is 19.1 Å². The van der Waals surface area contributed by atoms with Gasteiger partial charge in [0.1, 0.15) is 11.5 Å². The standard InChI is InChI=1S/C24H35N3O4/c1-25(15-17-7-6-12-26-11-5-4-8-20(17)26)24(29)18-13-23(28)27(16-18)21-10-9-19(30-2)14-22(21)31-3/h9-10,14,17-18,20H,4-8,11-13,15-16H2,1-3H3/t17-,18+,20-/m0/s1. The van der Waals surface area contributed by atoms with Gasteiger partial charge in [-0.05, 0) is 56.8 Å². The van der Waals surface area contributed by atoms with Crippen LogP contribution in [0.15, 0.2) is 18.2 Å². The molecule has 0 aromatic heterocycles. The van der Waals surface area contributed by atoms with Crippen LogP contribution in [-0.4, -0.2) is 75.1 Å². The van der Waals surface area contributed by atoms with Crippen molar-refractivity contribution in [2.45, 2.75) is 44.6 Å². The number of carbonyl (C=O) groups is 2. The first-order chi connectivity index (χ1) is 15.0. The molecule has 1 aromatic rings. The zero-order valence-electron chi connectivity index (χ0n) is 19.0. The number of hydrogen-bond acceptors (Lipinski definition) is 5. The summed E-state index contributed by atoms with van der Waals surface area (Å²) < 4.78 is 10.7. The molecule has 3 aliphatic rings. The molecule has 4 rings (SSSR count). The van der Waals surface area contributed by atoms with Crippen molar-refractivity contribution in [2.24, 2.45) is 11.8 Å². The lowest BCUT2D eigenvalue weighted by Gasteiger charge is -2.45. The largest absolute Gasteiger partial charge is 0.497 e. The fraction of sp³-hybridized carbons (Fsp3) is 0.667. The summed E-state index contributed by atoms with van der Waals surface area (Å²) in [6.45, 7) is 3.59. The maximum Gasteiger partial charge on any atom is 0.227 e. The summed E-state index contributed by atoms with van der Waals surface area (Å²) in [6, 6.07) is 6.02. The van der Waals surface area contributed by atoms with E-state index in [0.717, 1.165) is 6.54 Å². The molecule has 7 heteroatoms. The second kappa shape index (κ2) is 9.47. The zero-order chi connectivity index (χ0) is 22.0. The SMILES string of the molecule is COc1ccc(N2C[C@H](C(=O)N(C)C[C@@H]3CCCN4CCCC[C@@H]34)CC2=O)c(OC)c1. The number of amides is 2. The molecule has 2 amide bonds. The van der Waals surface area contributed by atoms with Gasteiger partial charge < -0.3 is 24.2 Å². The Bertz CT molecular complexity index is 812. The van der Waals surface area contributed by atoms with Crippen LogP contribution < -0.4 is 14.4 Å². The van der Waals surface area contributed by atoms with Crippen LogP contribution in [0.4, 0.5) is 5.69 Å². The monoisotopic (exact) mass is 429 g/mol. The molecule has 31 heavy (non-hydrogen) atoms. The molecule has 3 saturated heterocycles. The van der Waals surface area contributed by atoms with E-state index in [1.807, 2.05) is 24.1 Å². The van der Waals surface area contributed by atoms with E-state index in [1.165, 1.54) is 45.2 Å². The van der Waals surface area contributed by atoms with E-state index >= 15 is 0 Å². The van der Waals surface area contributed by atoms with Crippen molar-refractivity contribution in [1.82, 2.24) is 9.80 Å². The molecular weight excluding hydrogens is 394 g/mol. The number of ether oxygens (including phenoxy) is 2. The van der Waals surface area contributed by atoms with E-state index in [-0.39, 0.29) is 24.2 Å². The molecule has 0 bridgehead atoms. The van der Waals surface area contributed by atoms with Gasteiger partial charge in [0, 0.05) is 38.7 Å². The minimum Gasteiger partial charge on any atom is -0.497 e. The molecule has 3 atom stereocenters. The highest BCUT2D eigenvalue weighted by Crippen LogP contribution is 2.36. The predicted octanol–water partition coefficient (Wildman–Crippen LogP) is 2.78. The van der Waals surface area contributed by atoms with Gasteiger partial charge in [-0.2, -0.15) is 0 Å². The van der Waals surface area contributed by atoms with Gasteiger partial charge in [0.25, 0.3) is 0 Å². The van der Waals surface area contributed by atoms with Gasteiger partial charge in [0.05, 0.1) is 25.8 Å². The second-order valence-electron chi connectivity index (χ2n) is 9.16. The smallest absolute Gasteiger partial charge is 0.227 e. The highest BCUT2D eigenvalue weighted by molar-refractivity contribution is 6.01. The van der Waals surface area contributed by atoms with Crippen molar-refractivity contribution in [1.29, 1.82) is 0 Å². The highest BCUT2D eigenvalue weighted by atomic mass is 16.5. The molecule has 7 nitrogen and oxygen atoms in total. The van der Waals surface area contributed by atoms with E-state index in [4.69, 9.17) is 9.47 Å². The van der Waals surface area contributed by atoms with Crippen LogP contribution in [0.2, 0.25) is 0 Å². The average Bonchev–Trinajstić information content (AvgIpc) is 3.19. The fourth-order valence-electron chi connectivity index (χ4n) is 5.66. The van der Waals surface area contributed by atoms with E-state index in [0.29, 0.717) is 35.7 Å². The van der Waals surface area contributed by atoms with Crippen molar-refractivity contribution in [3.63, 3.8) is 0 Å². The van der Waals surface area contributed by atoms with E-state index in [9.17, 15) is 9.59 Å². The van der Waals surface area contributed by atoms with Crippen molar-refractivity contribution in [3.8, 4) is 11.5 Å². The minimum absolute atomic E-state index is 0.0358. The topological polar surface area (TPSA) is 62.3 Å². The summed E-state index contributed by atoms with van der Waals surface area (Å²) in [5.41, 5.74) is 0.691. The Morgan fingerprint density at radius 3 is 2.71 bits per heavy atom. The number of rotatable bonds is 6. The number of hydrogen-bond donors (Lipinski definition) is 0. The number of carbonyl (C=O) groups excluding carboxylic acids is 2. The summed E-state index contributed by atoms with van der Waals surface area (Å²) in [7, 11) is 5.08. The number of fused-ring (bicyclic) bond motifs is 1. The number of nitrogens with zero attached hydrogens (tertiary/aromatic N) is 3. The van der Waals surface area contributed by atoms with Crippen LogP contribution in [0.25, 0.3) is 0 Å². The summed E-state index contributed by atoms with van der Waals surface area (Å²) in [6.07, 6.45) is 6.50. The highest BCUT2D eigenvalue weighted by Gasteiger charge is 2.39. The first kappa shape index (κ1) is 21.9. The third-order valence-electron chi connectivity index (χ3n) is 7.27. The molecule has 0 saturated carbocycles. The Morgan fingerprint density at radius 2 is 1.94 bits per heavy atom. The van der Waals surface area contributed by atoms with Gasteiger partial charge in [-0.1, -0.05) is 6.42 Å². The normalized spacial score (nSPS) is 26.5. The van der Waals surface area contributed by atoms with E-state index in [2.05, 4.69) is 4.90 Å². The molecule has 3 aliphatic heterocycles. The van der Waals surface area contributed by atoms with E-state index < -0.39 is 0 Å². The third kappa shape index (κ3) is 4.52. The lowest BCUT2D eigenvalue weighted by molar-refractivity contribution is -0.135. The first-order valence-electron chi connectivity index (χ1n) is 11.5. The van der Waals surface area contributed by atoms with E-state index in [1.54, 1.807) is 25.2 Å². The Kier molecular flexibility index (Phi) is 6.70. The molecule has 0 unspecified atom stereocenters. The van der Waals surface area contributed by atoms with Crippen molar-refractivity contribution in [3.05, 3.63) is 18.2 Å². The summed E-state index contributed by atoms with van der Waals surface area (Å²) >= 11 is 0. The van der Waals surface area contributed by atoms with Crippen molar-refractivity contribution in [2.75, 3.05) is 52.3 Å². The van der Waals surface area contributed by atoms with Gasteiger partial charge in [0.15, 0.2) is 0 Å². The Balaban J connectivity index is 1.41. The maximum absolute atomic E-state index is 13.2. The summed E-state index contributed by atoms with van der Waals surface area (Å²) in [4.78, 5) is 32.2. The Labute approximate surface area is 185 Å². The molecule has 1 aromatic carbocycles. The number of anilines is 1. The van der Waals surface area contributed by atoms with Gasteiger partial charge in [-0.3, -0.25) is 9.59 Å². The molecular formula is C24H35N3O4.